The molecule has 1 amide bonds. The molecule has 1 N–H and O–H groups in total. The van der Waals surface area contributed by atoms with Crippen LogP contribution < -0.4 is 5.32 Å². The van der Waals surface area contributed by atoms with Crippen LogP contribution in [0.3, 0.4) is 0 Å². The number of alkyl halides is 6. The topological polar surface area (TPSA) is 49.4 Å². The number of nitrogens with zero attached hydrogens (tertiary/aromatic N) is 1. The third kappa shape index (κ3) is 4.50. The lowest BCUT2D eigenvalue weighted by Crippen LogP contribution is -2.57. The Morgan fingerprint density at radius 3 is 2.36 bits per heavy atom. The van der Waals surface area contributed by atoms with Crippen molar-refractivity contribution in [2.45, 2.75) is 24.8 Å². The van der Waals surface area contributed by atoms with Crippen molar-refractivity contribution in [2.75, 3.05) is 19.6 Å². The van der Waals surface area contributed by atoms with Gasteiger partial charge in [0.1, 0.15) is 0 Å². The van der Waals surface area contributed by atoms with Crippen LogP contribution in [0, 0.1) is 0 Å². The standard InChI is InChI=1S/C13H13F3N2O.C2HF3O/c14-13(15,16)11-3-1-2-9-10(11)6-8-7-17-4-5-18(8)12(9)19;3-2(4,5)1-6/h1-3,8,17H,4-7H2;1H/t8-;/m1./s1. The van der Waals surface area contributed by atoms with Crippen molar-refractivity contribution in [1.29, 1.82) is 0 Å². The minimum Gasteiger partial charge on any atom is -0.333 e. The van der Waals surface area contributed by atoms with Gasteiger partial charge in [0.15, 0.2) is 0 Å². The fourth-order valence-electron chi connectivity index (χ4n) is 2.87. The predicted molar refractivity (Wildman–Crippen MR) is 75.0 cm³/mol. The van der Waals surface area contributed by atoms with Crippen molar-refractivity contribution < 1.29 is 35.9 Å². The molecule has 138 valence electrons. The molecule has 1 aromatic carbocycles. The summed E-state index contributed by atoms with van der Waals surface area (Å²) in [5, 5.41) is 3.12. The maximum absolute atomic E-state index is 13.0. The summed E-state index contributed by atoms with van der Waals surface area (Å²) in [7, 11) is 0. The number of hydrogen-bond donors (Lipinski definition) is 1. The van der Waals surface area contributed by atoms with Crippen LogP contribution in [0.5, 0.6) is 0 Å². The molecule has 0 spiro atoms. The van der Waals surface area contributed by atoms with Gasteiger partial charge in [-0.2, -0.15) is 26.3 Å². The molecule has 0 saturated carbocycles. The molecule has 0 radical (unpaired) electrons. The van der Waals surface area contributed by atoms with E-state index in [1.165, 1.54) is 12.1 Å². The van der Waals surface area contributed by atoms with Gasteiger partial charge in [-0.3, -0.25) is 9.59 Å². The molecule has 2 aliphatic rings. The summed E-state index contributed by atoms with van der Waals surface area (Å²) in [6.07, 6.45) is -9.84. The van der Waals surface area contributed by atoms with Gasteiger partial charge in [-0.1, -0.05) is 6.07 Å². The summed E-state index contributed by atoms with van der Waals surface area (Å²) in [6, 6.07) is 3.68. The number of aldehydes is 1. The summed E-state index contributed by atoms with van der Waals surface area (Å²) in [5.74, 6) is -0.279. The van der Waals surface area contributed by atoms with E-state index in [0.717, 1.165) is 6.07 Å². The maximum atomic E-state index is 13.0. The molecule has 1 atom stereocenters. The van der Waals surface area contributed by atoms with E-state index in [1.807, 2.05) is 0 Å². The molecule has 4 nitrogen and oxygen atoms in total. The molecule has 1 fully saturated rings. The van der Waals surface area contributed by atoms with Crippen LogP contribution in [0.15, 0.2) is 18.2 Å². The number of carbonyl (C=O) groups is 2. The summed E-state index contributed by atoms with van der Waals surface area (Å²) >= 11 is 0. The molecule has 0 bridgehead atoms. The largest absolute Gasteiger partial charge is 0.446 e. The van der Waals surface area contributed by atoms with Gasteiger partial charge in [-0.25, -0.2) is 0 Å². The van der Waals surface area contributed by atoms with E-state index in [2.05, 4.69) is 5.32 Å². The Labute approximate surface area is 138 Å². The zero-order valence-corrected chi connectivity index (χ0v) is 12.7. The molecule has 3 rings (SSSR count). The average Bonchev–Trinajstić information content (AvgIpc) is 2.54. The van der Waals surface area contributed by atoms with E-state index in [1.54, 1.807) is 4.90 Å². The highest BCUT2D eigenvalue weighted by molar-refractivity contribution is 5.97. The van der Waals surface area contributed by atoms with Crippen LogP contribution in [0.1, 0.15) is 21.5 Å². The smallest absolute Gasteiger partial charge is 0.333 e. The van der Waals surface area contributed by atoms with Gasteiger partial charge in [-0.05, 0) is 24.1 Å². The molecular formula is C15H14F6N2O2. The van der Waals surface area contributed by atoms with Gasteiger partial charge in [0.05, 0.1) is 5.56 Å². The summed E-state index contributed by atoms with van der Waals surface area (Å²) in [5.41, 5.74) is -0.332. The third-order valence-corrected chi connectivity index (χ3v) is 3.90. The summed E-state index contributed by atoms with van der Waals surface area (Å²) in [4.78, 5) is 22.6. The Hall–Kier alpha value is -2.10. The lowest BCUT2D eigenvalue weighted by atomic mass is 9.88. The SMILES string of the molecule is O=C1c2cccc(C(F)(F)F)c2C[C@@H]2CNCCN12.O=CC(F)(F)F. The van der Waals surface area contributed by atoms with Crippen molar-refractivity contribution in [1.82, 2.24) is 10.2 Å². The third-order valence-electron chi connectivity index (χ3n) is 3.90. The Balaban J connectivity index is 0.000000326. The second-order valence-electron chi connectivity index (χ2n) is 5.55. The minimum atomic E-state index is -4.64. The highest BCUT2D eigenvalue weighted by Crippen LogP contribution is 2.36. The van der Waals surface area contributed by atoms with Crippen LogP contribution >= 0.6 is 0 Å². The van der Waals surface area contributed by atoms with Gasteiger partial charge in [-0.15, -0.1) is 0 Å². The van der Waals surface area contributed by atoms with Crippen LogP contribution in [0.4, 0.5) is 26.3 Å². The minimum absolute atomic E-state index is 0.143. The van der Waals surface area contributed by atoms with Gasteiger partial charge in [0, 0.05) is 31.2 Å². The first-order valence-electron chi connectivity index (χ1n) is 7.28. The van der Waals surface area contributed by atoms with Crippen LogP contribution in [-0.4, -0.2) is 48.9 Å². The Morgan fingerprint density at radius 1 is 1.16 bits per heavy atom. The fraction of sp³-hybridized carbons (Fsp3) is 0.467. The Morgan fingerprint density at radius 2 is 1.80 bits per heavy atom. The summed E-state index contributed by atoms with van der Waals surface area (Å²) in [6.45, 7) is 1.80. The number of nitrogens with one attached hydrogen (secondary N) is 1. The van der Waals surface area contributed by atoms with E-state index in [0.29, 0.717) is 19.6 Å². The second kappa shape index (κ2) is 7.03. The maximum Gasteiger partial charge on any atom is 0.446 e. The van der Waals surface area contributed by atoms with Gasteiger partial charge < -0.3 is 10.2 Å². The number of hydrogen-bond acceptors (Lipinski definition) is 3. The van der Waals surface area contributed by atoms with E-state index in [4.69, 9.17) is 4.79 Å². The van der Waals surface area contributed by atoms with E-state index < -0.39 is 24.2 Å². The highest BCUT2D eigenvalue weighted by atomic mass is 19.4. The van der Waals surface area contributed by atoms with Gasteiger partial charge >= 0.3 is 12.4 Å². The molecule has 0 unspecified atom stereocenters. The fourth-order valence-corrected chi connectivity index (χ4v) is 2.87. The van der Waals surface area contributed by atoms with E-state index in [9.17, 15) is 31.1 Å². The second-order valence-corrected chi connectivity index (χ2v) is 5.55. The molecule has 1 aromatic rings. The van der Waals surface area contributed by atoms with Gasteiger partial charge in [0.25, 0.3) is 5.91 Å². The van der Waals surface area contributed by atoms with Crippen LogP contribution in [0.25, 0.3) is 0 Å². The number of amides is 1. The van der Waals surface area contributed by atoms with E-state index in [-0.39, 0.29) is 29.5 Å². The first-order chi connectivity index (χ1) is 11.5. The number of carbonyl (C=O) groups excluding carboxylic acids is 2. The Kier molecular flexibility index (Phi) is 5.40. The number of fused-ring (bicyclic) bond motifs is 2. The van der Waals surface area contributed by atoms with Crippen molar-refractivity contribution >= 4 is 12.2 Å². The van der Waals surface area contributed by atoms with Crippen LogP contribution in [-0.2, 0) is 17.4 Å². The number of benzene rings is 1. The molecule has 10 heteroatoms. The normalized spacial score (nSPS) is 20.2. The zero-order chi connectivity index (χ0) is 18.8. The van der Waals surface area contributed by atoms with Crippen molar-refractivity contribution in [3.05, 3.63) is 34.9 Å². The molecule has 0 aromatic heterocycles. The molecule has 2 aliphatic heterocycles. The van der Waals surface area contributed by atoms with Gasteiger partial charge in [0.2, 0.25) is 6.29 Å². The number of piperazine rings is 1. The predicted octanol–water partition coefficient (Wildman–Crippen LogP) is 2.42. The highest BCUT2D eigenvalue weighted by Gasteiger charge is 2.40. The van der Waals surface area contributed by atoms with Crippen molar-refractivity contribution in [3.8, 4) is 0 Å². The molecule has 0 aliphatic carbocycles. The number of rotatable bonds is 0. The van der Waals surface area contributed by atoms with E-state index >= 15 is 0 Å². The first-order valence-corrected chi connectivity index (χ1v) is 7.28. The molecule has 25 heavy (non-hydrogen) atoms. The zero-order valence-electron chi connectivity index (χ0n) is 12.7. The average molecular weight is 368 g/mol. The lowest BCUT2D eigenvalue weighted by Gasteiger charge is -2.40. The summed E-state index contributed by atoms with van der Waals surface area (Å²) < 4.78 is 70.2. The number of halogens is 6. The van der Waals surface area contributed by atoms with Crippen LogP contribution in [0.2, 0.25) is 0 Å². The van der Waals surface area contributed by atoms with Crippen molar-refractivity contribution in [3.63, 3.8) is 0 Å². The molecule has 2 heterocycles. The monoisotopic (exact) mass is 368 g/mol. The van der Waals surface area contributed by atoms with Crippen molar-refractivity contribution in [2.24, 2.45) is 0 Å². The first kappa shape index (κ1) is 19.2. The Bertz CT molecular complexity index is 656. The quantitative estimate of drug-likeness (QED) is 0.565. The molecule has 1 saturated heterocycles. The molecular weight excluding hydrogens is 354 g/mol. The lowest BCUT2D eigenvalue weighted by molar-refractivity contribution is -0.156.